The molecular formula is C9H7BF6O3. The Hall–Kier alpha value is -1.42. The van der Waals surface area contributed by atoms with Crippen LogP contribution in [0, 0.1) is 0 Å². The number of rotatable bonds is 2. The van der Waals surface area contributed by atoms with E-state index in [1.54, 1.807) is 0 Å². The van der Waals surface area contributed by atoms with Gasteiger partial charge in [-0.2, -0.15) is 26.3 Å². The number of ether oxygens (including phenoxy) is 1. The number of alkyl halides is 6. The molecule has 3 nitrogen and oxygen atoms in total. The van der Waals surface area contributed by atoms with Crippen LogP contribution in [0.25, 0.3) is 0 Å². The van der Waals surface area contributed by atoms with Gasteiger partial charge in [0.1, 0.15) is 5.75 Å². The predicted octanol–water partition coefficient (Wildman–Crippen LogP) is 1.41. The van der Waals surface area contributed by atoms with Gasteiger partial charge in [-0.05, 0) is 12.1 Å². The Morgan fingerprint density at radius 1 is 1.00 bits per heavy atom. The molecule has 0 aliphatic rings. The van der Waals surface area contributed by atoms with E-state index >= 15 is 0 Å². The number of benzene rings is 1. The smallest absolute Gasteiger partial charge is 0.492 e. The lowest BCUT2D eigenvalue weighted by Crippen LogP contribution is -2.34. The molecule has 0 unspecified atom stereocenters. The van der Waals surface area contributed by atoms with Crippen molar-refractivity contribution in [3.63, 3.8) is 0 Å². The standard InChI is InChI=1S/C9H7BF6O3/c1-19-7-5(9(14,15)16)2-4(8(11,12)13)3-6(7)10(17)18/h2-3,17-18H,1H3. The molecule has 0 bridgehead atoms. The summed E-state index contributed by atoms with van der Waals surface area (Å²) in [4.78, 5) is 0. The van der Waals surface area contributed by atoms with E-state index in [0.29, 0.717) is 0 Å². The van der Waals surface area contributed by atoms with Crippen LogP contribution in [-0.2, 0) is 12.4 Å². The van der Waals surface area contributed by atoms with Crippen molar-refractivity contribution < 1.29 is 41.1 Å². The minimum Gasteiger partial charge on any atom is -0.496 e. The zero-order valence-electron chi connectivity index (χ0n) is 9.30. The molecule has 0 heterocycles. The van der Waals surface area contributed by atoms with Gasteiger partial charge in [-0.1, -0.05) is 0 Å². The van der Waals surface area contributed by atoms with E-state index in [2.05, 4.69) is 4.74 Å². The molecule has 10 heteroatoms. The van der Waals surface area contributed by atoms with Crippen LogP contribution >= 0.6 is 0 Å². The number of halogens is 6. The average Bonchev–Trinajstić information content (AvgIpc) is 2.24. The highest BCUT2D eigenvalue weighted by atomic mass is 19.4. The molecule has 1 aromatic carbocycles. The second-order valence-electron chi connectivity index (χ2n) is 3.52. The Balaban J connectivity index is 3.65. The maximum atomic E-state index is 12.6. The number of hydrogen-bond donors (Lipinski definition) is 2. The lowest BCUT2D eigenvalue weighted by molar-refractivity contribution is -0.143. The average molecular weight is 288 g/mol. The molecule has 0 fully saturated rings. The van der Waals surface area contributed by atoms with E-state index < -0.39 is 41.8 Å². The molecule has 1 rings (SSSR count). The summed E-state index contributed by atoms with van der Waals surface area (Å²) in [6.07, 6.45) is -10.2. The fourth-order valence-electron chi connectivity index (χ4n) is 1.45. The maximum Gasteiger partial charge on any atom is 0.492 e. The first-order chi connectivity index (χ1) is 8.48. The van der Waals surface area contributed by atoms with Crippen molar-refractivity contribution in [3.05, 3.63) is 23.3 Å². The summed E-state index contributed by atoms with van der Waals surface area (Å²) < 4.78 is 79.6. The summed E-state index contributed by atoms with van der Waals surface area (Å²) in [6.45, 7) is 0. The minimum absolute atomic E-state index is 0.148. The van der Waals surface area contributed by atoms with Gasteiger partial charge in [0.2, 0.25) is 0 Å². The van der Waals surface area contributed by atoms with Gasteiger partial charge in [0.25, 0.3) is 0 Å². The quantitative estimate of drug-likeness (QED) is 0.639. The van der Waals surface area contributed by atoms with Gasteiger partial charge in [0, 0.05) is 5.46 Å². The van der Waals surface area contributed by atoms with E-state index in [1.807, 2.05) is 0 Å². The SMILES string of the molecule is COc1c(B(O)O)cc(C(F)(F)F)cc1C(F)(F)F. The minimum atomic E-state index is -5.13. The van der Waals surface area contributed by atoms with E-state index in [4.69, 9.17) is 10.0 Å². The van der Waals surface area contributed by atoms with Crippen molar-refractivity contribution in [2.75, 3.05) is 7.11 Å². The highest BCUT2D eigenvalue weighted by molar-refractivity contribution is 6.59. The first-order valence-corrected chi connectivity index (χ1v) is 4.71. The van der Waals surface area contributed by atoms with Gasteiger partial charge in [-0.25, -0.2) is 0 Å². The molecule has 2 N–H and O–H groups in total. The van der Waals surface area contributed by atoms with E-state index in [9.17, 15) is 26.3 Å². The molecule has 0 amide bonds. The van der Waals surface area contributed by atoms with Gasteiger partial charge >= 0.3 is 19.5 Å². The Bertz CT molecular complexity index is 468. The van der Waals surface area contributed by atoms with Crippen molar-refractivity contribution in [1.82, 2.24) is 0 Å². The second kappa shape index (κ2) is 4.93. The zero-order chi connectivity index (χ0) is 15.0. The fourth-order valence-corrected chi connectivity index (χ4v) is 1.45. The van der Waals surface area contributed by atoms with Gasteiger partial charge < -0.3 is 14.8 Å². The van der Waals surface area contributed by atoms with Crippen LogP contribution in [0.5, 0.6) is 5.75 Å². The zero-order valence-corrected chi connectivity index (χ0v) is 9.30. The maximum absolute atomic E-state index is 12.6. The van der Waals surface area contributed by atoms with Crippen LogP contribution in [0.2, 0.25) is 0 Å². The van der Waals surface area contributed by atoms with Crippen LogP contribution in [0.3, 0.4) is 0 Å². The lowest BCUT2D eigenvalue weighted by atomic mass is 9.77. The molecule has 0 spiro atoms. The third-order valence-corrected chi connectivity index (χ3v) is 2.23. The van der Waals surface area contributed by atoms with Crippen LogP contribution < -0.4 is 10.2 Å². The molecule has 0 aliphatic carbocycles. The topological polar surface area (TPSA) is 49.7 Å². The van der Waals surface area contributed by atoms with Crippen molar-refractivity contribution in [2.45, 2.75) is 12.4 Å². The van der Waals surface area contributed by atoms with Crippen molar-refractivity contribution >= 4 is 12.6 Å². The normalized spacial score (nSPS) is 12.5. The van der Waals surface area contributed by atoms with Gasteiger partial charge in [0.15, 0.2) is 0 Å². The molecule has 1 aromatic rings. The Morgan fingerprint density at radius 3 is 1.84 bits per heavy atom. The molecule has 0 aromatic heterocycles. The Kier molecular flexibility index (Phi) is 4.06. The molecule has 0 atom stereocenters. The van der Waals surface area contributed by atoms with Gasteiger partial charge in [-0.15, -0.1) is 0 Å². The summed E-state index contributed by atoms with van der Waals surface area (Å²) >= 11 is 0. The van der Waals surface area contributed by atoms with Gasteiger partial charge in [-0.3, -0.25) is 0 Å². The molecule has 106 valence electrons. The summed E-state index contributed by atoms with van der Waals surface area (Å²) in [5, 5.41) is 17.7. The fraction of sp³-hybridized carbons (Fsp3) is 0.333. The van der Waals surface area contributed by atoms with Crippen molar-refractivity contribution in [3.8, 4) is 5.75 Å². The molecule has 19 heavy (non-hydrogen) atoms. The van der Waals surface area contributed by atoms with E-state index in [1.165, 1.54) is 0 Å². The highest BCUT2D eigenvalue weighted by Gasteiger charge is 2.41. The summed E-state index contributed by atoms with van der Waals surface area (Å²) in [7, 11) is -1.75. The third-order valence-electron chi connectivity index (χ3n) is 2.23. The van der Waals surface area contributed by atoms with Crippen molar-refractivity contribution in [1.29, 1.82) is 0 Å². The summed E-state index contributed by atoms with van der Waals surface area (Å²) in [5.74, 6) is -1.06. The summed E-state index contributed by atoms with van der Waals surface area (Å²) in [6, 6.07) is 0.0451. The van der Waals surface area contributed by atoms with Crippen LogP contribution in [0.4, 0.5) is 26.3 Å². The largest absolute Gasteiger partial charge is 0.496 e. The Labute approximate surface area is 103 Å². The van der Waals surface area contributed by atoms with E-state index in [0.717, 1.165) is 7.11 Å². The molecular weight excluding hydrogens is 281 g/mol. The lowest BCUT2D eigenvalue weighted by Gasteiger charge is -2.18. The first kappa shape index (κ1) is 15.6. The summed E-state index contributed by atoms with van der Waals surface area (Å²) in [5.41, 5.74) is -4.39. The molecule has 0 radical (unpaired) electrons. The number of methoxy groups -OCH3 is 1. The first-order valence-electron chi connectivity index (χ1n) is 4.71. The van der Waals surface area contributed by atoms with E-state index in [-0.39, 0.29) is 12.1 Å². The van der Waals surface area contributed by atoms with Crippen LogP contribution in [-0.4, -0.2) is 24.3 Å². The predicted molar refractivity (Wildman–Crippen MR) is 52.8 cm³/mol. The second-order valence-corrected chi connectivity index (χ2v) is 3.52. The molecule has 0 aliphatic heterocycles. The van der Waals surface area contributed by atoms with Crippen LogP contribution in [0.15, 0.2) is 12.1 Å². The molecule has 0 saturated heterocycles. The monoisotopic (exact) mass is 288 g/mol. The van der Waals surface area contributed by atoms with Gasteiger partial charge in [0.05, 0.1) is 18.2 Å². The third kappa shape index (κ3) is 3.32. The molecule has 0 saturated carbocycles. The Morgan fingerprint density at radius 2 is 1.53 bits per heavy atom. The van der Waals surface area contributed by atoms with Crippen molar-refractivity contribution in [2.24, 2.45) is 0 Å². The number of hydrogen-bond acceptors (Lipinski definition) is 3. The van der Waals surface area contributed by atoms with Crippen LogP contribution in [0.1, 0.15) is 11.1 Å². The highest BCUT2D eigenvalue weighted by Crippen LogP contribution is 2.39.